The fourth-order valence-corrected chi connectivity index (χ4v) is 7.32. The summed E-state index contributed by atoms with van der Waals surface area (Å²) in [6.45, 7) is 4.51. The highest BCUT2D eigenvalue weighted by Crippen LogP contribution is 2.49. The van der Waals surface area contributed by atoms with Gasteiger partial charge in [0.05, 0.1) is 0 Å². The van der Waals surface area contributed by atoms with Crippen molar-refractivity contribution in [2.75, 3.05) is 0 Å². The number of hydrogen-bond donors (Lipinski definition) is 0. The molecule has 0 atom stereocenters. The first-order valence-electron chi connectivity index (χ1n) is 17.8. The summed E-state index contributed by atoms with van der Waals surface area (Å²) in [6, 6.07) is 35.2. The Bertz CT molecular complexity index is 2170. The summed E-state index contributed by atoms with van der Waals surface area (Å²) in [4.78, 5) is 0. The van der Waals surface area contributed by atoms with E-state index in [9.17, 15) is 0 Å². The van der Waals surface area contributed by atoms with Crippen molar-refractivity contribution in [3.05, 3.63) is 130 Å². The van der Waals surface area contributed by atoms with E-state index in [2.05, 4.69) is 135 Å². The third kappa shape index (κ3) is 5.70. The Morgan fingerprint density at radius 2 is 0.833 bits per heavy atom. The van der Waals surface area contributed by atoms with Gasteiger partial charge in [-0.3, -0.25) is 0 Å². The van der Waals surface area contributed by atoms with E-state index in [1.807, 2.05) is 0 Å². The lowest BCUT2D eigenvalue weighted by Crippen LogP contribution is -1.96. The number of benzene rings is 6. The second-order valence-corrected chi connectivity index (χ2v) is 13.3. The van der Waals surface area contributed by atoms with Gasteiger partial charge >= 0.3 is 0 Å². The Morgan fingerprint density at radius 1 is 0.417 bits per heavy atom. The van der Waals surface area contributed by atoms with Crippen LogP contribution in [0, 0.1) is 0 Å². The lowest BCUT2D eigenvalue weighted by molar-refractivity contribution is 0.646. The van der Waals surface area contributed by atoms with E-state index in [0.29, 0.717) is 0 Å². The van der Waals surface area contributed by atoms with E-state index in [1.54, 1.807) is 0 Å². The van der Waals surface area contributed by atoms with Crippen LogP contribution in [-0.2, 0) is 12.8 Å². The number of rotatable bonds is 12. The van der Waals surface area contributed by atoms with E-state index in [-0.39, 0.29) is 0 Å². The third-order valence-corrected chi connectivity index (χ3v) is 9.98. The van der Waals surface area contributed by atoms with Crippen LogP contribution in [0.1, 0.15) is 85.8 Å². The van der Waals surface area contributed by atoms with Gasteiger partial charge in [-0.1, -0.05) is 124 Å². The second-order valence-electron chi connectivity index (χ2n) is 13.3. The van der Waals surface area contributed by atoms with Crippen molar-refractivity contribution in [3.8, 4) is 11.1 Å². The number of aryl methyl sites for hydroxylation is 2. The van der Waals surface area contributed by atoms with E-state index in [1.165, 1.54) is 82.7 Å². The molecule has 6 aromatic rings. The molecule has 2 aliphatic rings. The van der Waals surface area contributed by atoms with E-state index >= 15 is 0 Å². The van der Waals surface area contributed by atoms with E-state index in [0.717, 1.165) is 57.1 Å². The summed E-state index contributed by atoms with van der Waals surface area (Å²) in [5.41, 5.74) is 13.4. The first-order valence-corrected chi connectivity index (χ1v) is 17.8. The molecule has 2 heteroatoms. The zero-order chi connectivity index (χ0) is 32.5. The van der Waals surface area contributed by atoms with Crippen LogP contribution in [0.2, 0.25) is 0 Å². The minimum Gasteiger partial charge on any atom is -0.456 e. The molecular weight excluding hydrogens is 585 g/mol. The average Bonchev–Trinajstić information content (AvgIpc) is 3.13. The van der Waals surface area contributed by atoms with E-state index < -0.39 is 0 Å². The van der Waals surface area contributed by atoms with Crippen molar-refractivity contribution in [1.29, 1.82) is 0 Å². The fraction of sp³-hybridized carbons (Fsp3) is 0.217. The van der Waals surface area contributed by atoms with Crippen LogP contribution in [0.25, 0.3) is 79.3 Å². The summed E-state index contributed by atoms with van der Waals surface area (Å²) >= 11 is 0. The van der Waals surface area contributed by atoms with Crippen LogP contribution in [0.4, 0.5) is 0 Å². The normalized spacial score (nSPS) is 12.5. The Balaban J connectivity index is 1.15. The van der Waals surface area contributed by atoms with Crippen molar-refractivity contribution >= 4 is 68.2 Å². The highest BCUT2D eigenvalue weighted by Gasteiger charge is 2.25. The van der Waals surface area contributed by atoms with Gasteiger partial charge < -0.3 is 8.83 Å². The van der Waals surface area contributed by atoms with Gasteiger partial charge in [-0.15, -0.1) is 0 Å². The molecule has 0 bridgehead atoms. The average molecular weight is 627 g/mol. The molecule has 0 aromatic heterocycles. The van der Waals surface area contributed by atoms with Crippen molar-refractivity contribution in [1.82, 2.24) is 0 Å². The number of hydrogen-bond acceptors (Lipinski definition) is 2. The molecule has 0 amide bonds. The maximum absolute atomic E-state index is 6.63. The van der Waals surface area contributed by atoms with Crippen molar-refractivity contribution in [3.63, 3.8) is 0 Å². The van der Waals surface area contributed by atoms with Crippen molar-refractivity contribution < 1.29 is 8.83 Å². The van der Waals surface area contributed by atoms with E-state index in [4.69, 9.17) is 8.83 Å². The lowest BCUT2D eigenvalue weighted by atomic mass is 9.88. The molecule has 8 rings (SSSR count). The molecule has 0 saturated heterocycles. The van der Waals surface area contributed by atoms with Crippen LogP contribution in [0.3, 0.4) is 0 Å². The molecule has 0 radical (unpaired) electrons. The lowest BCUT2D eigenvalue weighted by Gasteiger charge is -2.20. The smallest absolute Gasteiger partial charge is 0.136 e. The molecule has 2 aliphatic heterocycles. The highest BCUT2D eigenvalue weighted by atomic mass is 16.3. The summed E-state index contributed by atoms with van der Waals surface area (Å²) in [5, 5.41) is 4.57. The summed E-state index contributed by atoms with van der Waals surface area (Å²) in [6.07, 6.45) is 18.8. The van der Waals surface area contributed by atoms with Gasteiger partial charge in [0, 0.05) is 21.9 Å². The molecule has 0 N–H and O–H groups in total. The molecule has 238 valence electrons. The van der Waals surface area contributed by atoms with Crippen LogP contribution in [-0.4, -0.2) is 0 Å². The van der Waals surface area contributed by atoms with Crippen LogP contribution in [0.15, 0.2) is 106 Å². The third-order valence-electron chi connectivity index (χ3n) is 9.98. The quantitative estimate of drug-likeness (QED) is 0.0584. The second kappa shape index (κ2) is 13.2. The van der Waals surface area contributed by atoms with Crippen LogP contribution < -0.4 is 0 Å². The predicted octanol–water partition coefficient (Wildman–Crippen LogP) is 13.8. The van der Waals surface area contributed by atoms with Crippen molar-refractivity contribution in [2.45, 2.75) is 65.2 Å². The molecule has 48 heavy (non-hydrogen) atoms. The van der Waals surface area contributed by atoms with Gasteiger partial charge in [0.1, 0.15) is 22.3 Å². The van der Waals surface area contributed by atoms with Gasteiger partial charge in [-0.2, -0.15) is 0 Å². The minimum absolute atomic E-state index is 0.878. The van der Waals surface area contributed by atoms with Crippen molar-refractivity contribution in [2.24, 2.45) is 0 Å². The molecule has 2 heterocycles. The SMILES string of the molecule is CCCCCc1ccc(/C=C/c2ccc3oc4ccc5c(/C=C/c6ccc(CCCCC)cc6)ccc6oc7ccc2c3c7-c4c65)cc1. The summed E-state index contributed by atoms with van der Waals surface area (Å²) < 4.78 is 13.3. The monoisotopic (exact) mass is 626 g/mol. The van der Waals surface area contributed by atoms with Gasteiger partial charge in [0.15, 0.2) is 0 Å². The summed E-state index contributed by atoms with van der Waals surface area (Å²) in [7, 11) is 0. The molecule has 2 nitrogen and oxygen atoms in total. The number of unbranched alkanes of at least 4 members (excludes halogenated alkanes) is 4. The minimum atomic E-state index is 0.878. The molecule has 0 unspecified atom stereocenters. The molecule has 6 aromatic carbocycles. The first-order chi connectivity index (χ1) is 23.7. The predicted molar refractivity (Wildman–Crippen MR) is 206 cm³/mol. The Labute approximate surface area is 283 Å². The Morgan fingerprint density at radius 3 is 1.25 bits per heavy atom. The molecule has 0 aliphatic carbocycles. The largest absolute Gasteiger partial charge is 0.456 e. The van der Waals surface area contributed by atoms with Gasteiger partial charge in [-0.05, 0) is 106 Å². The Hall–Kier alpha value is -5.08. The zero-order valence-corrected chi connectivity index (χ0v) is 28.0. The van der Waals surface area contributed by atoms with Gasteiger partial charge in [-0.25, -0.2) is 0 Å². The highest BCUT2D eigenvalue weighted by molar-refractivity contribution is 6.25. The standard InChI is InChI=1S/C46H42O2/c1-3-5-7-9-31-11-15-33(16-12-31)19-21-35-23-27-39-43-37(35)25-29-41-45(43)46-42(47-39)30-26-38-36(24-28-40(48-41)44(38)46)22-20-34-17-13-32(14-18-34)10-8-6-4-2/h11-30H,3-10H2,1-2H3/b21-19+,22-20+. The maximum atomic E-state index is 6.63. The first kappa shape index (κ1) is 30.3. The maximum Gasteiger partial charge on any atom is 0.136 e. The van der Waals surface area contributed by atoms with Gasteiger partial charge in [0.2, 0.25) is 0 Å². The molecule has 0 saturated carbocycles. The van der Waals surface area contributed by atoms with Crippen LogP contribution >= 0.6 is 0 Å². The topological polar surface area (TPSA) is 26.3 Å². The Kier molecular flexibility index (Phi) is 8.32. The zero-order valence-electron chi connectivity index (χ0n) is 28.0. The fourth-order valence-electron chi connectivity index (χ4n) is 7.32. The van der Waals surface area contributed by atoms with Crippen LogP contribution in [0.5, 0.6) is 0 Å². The summed E-state index contributed by atoms with van der Waals surface area (Å²) in [5.74, 6) is 0. The van der Waals surface area contributed by atoms with Gasteiger partial charge in [0.25, 0.3) is 0 Å². The molecule has 0 fully saturated rings. The molecular formula is C46H42O2. The molecule has 0 spiro atoms.